The van der Waals surface area contributed by atoms with E-state index in [2.05, 4.69) is 36.6 Å². The van der Waals surface area contributed by atoms with E-state index in [-0.39, 0.29) is 51.6 Å². The third-order valence-electron chi connectivity index (χ3n) is 5.79. The molecule has 0 heterocycles. The second-order valence-electron chi connectivity index (χ2n) is 11.1. The molecule has 0 aromatic heterocycles. The van der Waals surface area contributed by atoms with Gasteiger partial charge in [0.15, 0.2) is 0 Å². The summed E-state index contributed by atoms with van der Waals surface area (Å²) in [7, 11) is 0. The molecule has 0 aliphatic carbocycles. The van der Waals surface area contributed by atoms with Gasteiger partial charge in [-0.1, -0.05) is 31.1 Å². The highest BCUT2D eigenvalue weighted by atomic mass is 16.6. The number of ether oxygens (including phenoxy) is 2. The Hall–Kier alpha value is -4.56. The predicted molar refractivity (Wildman–Crippen MR) is 163 cm³/mol. The summed E-state index contributed by atoms with van der Waals surface area (Å²) in [6.45, 7) is 9.56. The van der Waals surface area contributed by atoms with Gasteiger partial charge in [0.1, 0.15) is 17.7 Å². The molecule has 244 valence electrons. The molecule has 0 saturated carbocycles. The molecule has 0 spiro atoms. The van der Waals surface area contributed by atoms with Crippen LogP contribution >= 0.6 is 0 Å². The Kier molecular flexibility index (Phi) is 16.7. The van der Waals surface area contributed by atoms with Gasteiger partial charge in [-0.2, -0.15) is 0 Å². The van der Waals surface area contributed by atoms with Gasteiger partial charge in [-0.25, -0.2) is 9.59 Å². The van der Waals surface area contributed by atoms with Crippen molar-refractivity contribution >= 4 is 35.5 Å². The van der Waals surface area contributed by atoms with Gasteiger partial charge in [0.2, 0.25) is 17.7 Å². The van der Waals surface area contributed by atoms with Crippen LogP contribution in [0.2, 0.25) is 0 Å². The van der Waals surface area contributed by atoms with Crippen LogP contribution in [0.4, 0.5) is 15.3 Å². The van der Waals surface area contributed by atoms with Gasteiger partial charge in [0, 0.05) is 30.1 Å². The summed E-state index contributed by atoms with van der Waals surface area (Å²) in [6.07, 6.45) is -0.0792. The van der Waals surface area contributed by atoms with Gasteiger partial charge in [-0.05, 0) is 62.8 Å². The number of carbonyl (C=O) groups is 5. The lowest BCUT2D eigenvalue weighted by Crippen LogP contribution is -2.54. The Labute approximate surface area is 257 Å². The number of primary amides is 1. The molecular formula is C28H45N9O7. The second-order valence-corrected chi connectivity index (χ2v) is 11.1. The molecule has 1 aromatic rings. The topological polar surface area (TPSA) is 239 Å². The molecule has 6 amide bonds. The normalized spacial score (nSPS) is 12.2. The minimum atomic E-state index is -0.987. The third-order valence-corrected chi connectivity index (χ3v) is 5.79. The minimum Gasteiger partial charge on any atom is -0.444 e. The van der Waals surface area contributed by atoms with Crippen molar-refractivity contribution in [2.75, 3.05) is 31.6 Å². The van der Waals surface area contributed by atoms with Gasteiger partial charge in [0.05, 0.1) is 19.8 Å². The fourth-order valence-corrected chi connectivity index (χ4v) is 3.67. The summed E-state index contributed by atoms with van der Waals surface area (Å²) >= 11 is 0. The lowest BCUT2D eigenvalue weighted by Gasteiger charge is -2.25. The zero-order valence-electron chi connectivity index (χ0n) is 26.0. The molecule has 16 heteroatoms. The number of hydrogen-bond acceptors (Lipinski definition) is 8. The van der Waals surface area contributed by atoms with E-state index in [0.29, 0.717) is 12.1 Å². The van der Waals surface area contributed by atoms with Crippen LogP contribution in [0.1, 0.15) is 59.4 Å². The van der Waals surface area contributed by atoms with Crippen LogP contribution in [-0.2, 0) is 30.4 Å². The first-order valence-corrected chi connectivity index (χ1v) is 14.3. The van der Waals surface area contributed by atoms with E-state index in [1.165, 1.54) is 0 Å². The molecule has 7 N–H and O–H groups in total. The molecule has 44 heavy (non-hydrogen) atoms. The highest BCUT2D eigenvalue weighted by molar-refractivity contribution is 5.98. The molecule has 0 fully saturated rings. The summed E-state index contributed by atoms with van der Waals surface area (Å²) in [5.41, 5.74) is 14.2. The Morgan fingerprint density at radius 1 is 0.977 bits per heavy atom. The van der Waals surface area contributed by atoms with Crippen molar-refractivity contribution in [1.29, 1.82) is 0 Å². The monoisotopic (exact) mass is 619 g/mol. The average Bonchev–Trinajstić information content (AvgIpc) is 2.93. The van der Waals surface area contributed by atoms with Crippen molar-refractivity contribution in [3.05, 3.63) is 40.3 Å². The Balaban J connectivity index is 2.71. The molecule has 0 unspecified atom stereocenters. The van der Waals surface area contributed by atoms with Crippen LogP contribution in [0.25, 0.3) is 10.4 Å². The number of azide groups is 1. The molecule has 1 rings (SSSR count). The van der Waals surface area contributed by atoms with E-state index < -0.39 is 47.5 Å². The summed E-state index contributed by atoms with van der Waals surface area (Å²) in [5, 5.41) is 16.6. The van der Waals surface area contributed by atoms with Gasteiger partial charge in [0.25, 0.3) is 0 Å². The number of anilines is 1. The smallest absolute Gasteiger partial charge is 0.407 e. The van der Waals surface area contributed by atoms with Gasteiger partial charge >= 0.3 is 12.1 Å². The number of urea groups is 1. The van der Waals surface area contributed by atoms with Crippen LogP contribution in [0.15, 0.2) is 29.4 Å². The molecule has 0 saturated heterocycles. The molecule has 0 aliphatic rings. The number of hydrogen-bond donors (Lipinski definition) is 6. The molecule has 0 radical (unpaired) electrons. The van der Waals surface area contributed by atoms with Crippen LogP contribution in [0.5, 0.6) is 0 Å². The lowest BCUT2D eigenvalue weighted by molar-refractivity contribution is -0.132. The van der Waals surface area contributed by atoms with Crippen LogP contribution in [0, 0.1) is 5.92 Å². The molecule has 0 aliphatic heterocycles. The fraction of sp³-hybridized carbons (Fsp3) is 0.607. The van der Waals surface area contributed by atoms with E-state index in [1.54, 1.807) is 58.9 Å². The van der Waals surface area contributed by atoms with Crippen LogP contribution in [0.3, 0.4) is 0 Å². The molecule has 0 bridgehead atoms. The molecule has 1 aromatic carbocycles. The number of rotatable bonds is 18. The van der Waals surface area contributed by atoms with Gasteiger partial charge in [-0.15, -0.1) is 0 Å². The SMILES string of the molecule is CC(C)[C@H](NC(=O)CCOCCNC(=O)OC(C)(C)C)C(=O)N[C@@H](CCCNC(N)=O)C(=O)Nc1ccc(CN=[N+]=[N-])cc1. The van der Waals surface area contributed by atoms with Crippen LogP contribution < -0.4 is 32.3 Å². The number of amides is 6. The molecular weight excluding hydrogens is 574 g/mol. The van der Waals surface area contributed by atoms with Crippen LogP contribution in [-0.4, -0.2) is 73.8 Å². The number of nitrogens with zero attached hydrogens (tertiary/aromatic N) is 3. The summed E-state index contributed by atoms with van der Waals surface area (Å²) < 4.78 is 10.5. The van der Waals surface area contributed by atoms with E-state index in [4.69, 9.17) is 20.7 Å². The Morgan fingerprint density at radius 2 is 1.66 bits per heavy atom. The van der Waals surface area contributed by atoms with Crippen molar-refractivity contribution < 1.29 is 33.4 Å². The second kappa shape index (κ2) is 19.6. The maximum absolute atomic E-state index is 13.2. The first-order valence-electron chi connectivity index (χ1n) is 14.3. The first kappa shape index (κ1) is 37.5. The molecule has 16 nitrogen and oxygen atoms in total. The third kappa shape index (κ3) is 16.8. The maximum atomic E-state index is 13.2. The summed E-state index contributed by atoms with van der Waals surface area (Å²) in [4.78, 5) is 64.3. The van der Waals surface area contributed by atoms with Crippen molar-refractivity contribution in [3.8, 4) is 0 Å². The minimum absolute atomic E-state index is 0.0265. The van der Waals surface area contributed by atoms with E-state index in [0.717, 1.165) is 5.56 Å². The lowest BCUT2D eigenvalue weighted by atomic mass is 10.0. The quantitative estimate of drug-likeness (QED) is 0.0620. The number of benzene rings is 1. The molecule has 2 atom stereocenters. The zero-order chi connectivity index (χ0) is 33.1. The number of nitrogens with two attached hydrogens (primary N) is 1. The maximum Gasteiger partial charge on any atom is 0.407 e. The van der Waals surface area contributed by atoms with Crippen molar-refractivity contribution in [3.63, 3.8) is 0 Å². The van der Waals surface area contributed by atoms with Crippen molar-refractivity contribution in [2.24, 2.45) is 16.8 Å². The largest absolute Gasteiger partial charge is 0.444 e. The summed E-state index contributed by atoms with van der Waals surface area (Å²) in [5.74, 6) is -1.78. The summed E-state index contributed by atoms with van der Waals surface area (Å²) in [6, 6.07) is 4.04. The average molecular weight is 620 g/mol. The van der Waals surface area contributed by atoms with E-state index in [9.17, 15) is 24.0 Å². The van der Waals surface area contributed by atoms with E-state index >= 15 is 0 Å². The highest BCUT2D eigenvalue weighted by Crippen LogP contribution is 2.13. The first-order chi connectivity index (χ1) is 20.7. The van der Waals surface area contributed by atoms with E-state index in [1.807, 2.05) is 0 Å². The standard InChI is InChI=1S/C28H45N9O7/c1-18(2)23(36-22(38)12-15-43-16-14-32-27(42)44-28(3,4)5)25(40)35-21(7-6-13-31-26(29)41)24(39)34-20-10-8-19(9-11-20)17-33-37-30/h8-11,18,21,23H,6-7,12-17H2,1-5H3,(H,32,42)(H,34,39)(H,35,40)(H,36,38)(H3,29,31,41)/t21-,23-/m0/s1. The Bertz CT molecular complexity index is 1150. The number of nitrogens with one attached hydrogen (secondary N) is 5. The van der Waals surface area contributed by atoms with Crippen molar-refractivity contribution in [1.82, 2.24) is 21.3 Å². The predicted octanol–water partition coefficient (Wildman–Crippen LogP) is 2.44. The van der Waals surface area contributed by atoms with Gasteiger partial charge in [-0.3, -0.25) is 14.4 Å². The highest BCUT2D eigenvalue weighted by Gasteiger charge is 2.28. The number of carbonyl (C=O) groups excluding carboxylic acids is 5. The fourth-order valence-electron chi connectivity index (χ4n) is 3.67. The Morgan fingerprint density at radius 3 is 2.25 bits per heavy atom. The van der Waals surface area contributed by atoms with Gasteiger partial charge < -0.3 is 41.8 Å². The zero-order valence-corrected chi connectivity index (χ0v) is 26.0. The number of alkyl carbamates (subject to hydrolysis) is 1. The van der Waals surface area contributed by atoms with Crippen molar-refractivity contribution in [2.45, 2.75) is 78.1 Å².